The summed E-state index contributed by atoms with van der Waals surface area (Å²) < 4.78 is 16.4. The van der Waals surface area contributed by atoms with E-state index in [2.05, 4.69) is 4.98 Å². The summed E-state index contributed by atoms with van der Waals surface area (Å²) in [5, 5.41) is 0.632. The van der Waals surface area contributed by atoms with Gasteiger partial charge in [-0.05, 0) is 30.3 Å². The lowest BCUT2D eigenvalue weighted by Gasteiger charge is -2.19. The van der Waals surface area contributed by atoms with Gasteiger partial charge in [-0.15, -0.1) is 0 Å². The van der Waals surface area contributed by atoms with Gasteiger partial charge in [0.1, 0.15) is 19.0 Å². The molecule has 0 bridgehead atoms. The molecule has 0 saturated heterocycles. The van der Waals surface area contributed by atoms with Crippen molar-refractivity contribution in [2.24, 2.45) is 0 Å². The number of H-pyrrole nitrogens is 1. The van der Waals surface area contributed by atoms with E-state index in [4.69, 9.17) is 14.2 Å². The minimum absolute atomic E-state index is 0.0358. The Kier molecular flexibility index (Phi) is 3.19. The van der Waals surface area contributed by atoms with Gasteiger partial charge in [0.25, 0.3) is 0 Å². The first-order valence-corrected chi connectivity index (χ1v) is 7.36. The number of rotatable bonds is 2. The molecule has 0 atom stereocenters. The van der Waals surface area contributed by atoms with Gasteiger partial charge < -0.3 is 19.2 Å². The first-order valence-electron chi connectivity index (χ1n) is 7.36. The Morgan fingerprint density at radius 2 is 1.83 bits per heavy atom. The van der Waals surface area contributed by atoms with Gasteiger partial charge in [0.2, 0.25) is 0 Å². The Balaban J connectivity index is 1.86. The van der Waals surface area contributed by atoms with Crippen LogP contribution in [0, 0.1) is 0 Å². The van der Waals surface area contributed by atoms with Crippen LogP contribution in [0.3, 0.4) is 0 Å². The molecule has 3 aromatic rings. The Hall–Kier alpha value is -2.95. The Morgan fingerprint density at radius 1 is 1.00 bits per heavy atom. The second-order valence-electron chi connectivity index (χ2n) is 5.32. The average molecular weight is 309 g/mol. The topological polar surface area (TPSA) is 60.6 Å². The highest BCUT2D eigenvalue weighted by Crippen LogP contribution is 2.34. The third-order valence-electron chi connectivity index (χ3n) is 3.89. The van der Waals surface area contributed by atoms with Crippen LogP contribution in [0.1, 0.15) is 0 Å². The maximum absolute atomic E-state index is 12.3. The van der Waals surface area contributed by atoms with Crippen LogP contribution in [-0.4, -0.2) is 25.3 Å². The third kappa shape index (κ3) is 2.40. The molecule has 0 amide bonds. The van der Waals surface area contributed by atoms with E-state index in [1.807, 2.05) is 24.3 Å². The van der Waals surface area contributed by atoms with Crippen molar-refractivity contribution in [2.75, 3.05) is 20.3 Å². The van der Waals surface area contributed by atoms with Crippen molar-refractivity contribution >= 4 is 10.9 Å². The maximum Gasteiger partial charge on any atom is 0.190 e. The Bertz CT molecular complexity index is 945. The third-order valence-corrected chi connectivity index (χ3v) is 3.89. The minimum Gasteiger partial charge on any atom is -0.497 e. The number of ether oxygens (including phenoxy) is 3. The highest BCUT2D eigenvalue weighted by atomic mass is 16.6. The van der Waals surface area contributed by atoms with Crippen LogP contribution in [-0.2, 0) is 0 Å². The predicted molar refractivity (Wildman–Crippen MR) is 87.5 cm³/mol. The summed E-state index contributed by atoms with van der Waals surface area (Å²) in [6.45, 7) is 1.08. The van der Waals surface area contributed by atoms with Crippen LogP contribution in [0.2, 0.25) is 0 Å². The summed E-state index contributed by atoms with van der Waals surface area (Å²) in [7, 11) is 1.60. The fraction of sp³-hybridized carbons (Fsp3) is 0.167. The second-order valence-corrected chi connectivity index (χ2v) is 5.32. The van der Waals surface area contributed by atoms with E-state index >= 15 is 0 Å². The van der Waals surface area contributed by atoms with Crippen molar-refractivity contribution in [3.8, 4) is 28.5 Å². The highest BCUT2D eigenvalue weighted by Gasteiger charge is 2.13. The Morgan fingerprint density at radius 3 is 2.65 bits per heavy atom. The first kappa shape index (κ1) is 13.7. The van der Waals surface area contributed by atoms with Gasteiger partial charge in [-0.1, -0.05) is 0 Å². The summed E-state index contributed by atoms with van der Waals surface area (Å²) in [4.78, 5) is 15.6. The van der Waals surface area contributed by atoms with E-state index < -0.39 is 0 Å². The van der Waals surface area contributed by atoms with Gasteiger partial charge in [-0.2, -0.15) is 0 Å². The zero-order chi connectivity index (χ0) is 15.8. The molecular formula is C18H15NO4. The van der Waals surface area contributed by atoms with Crippen LogP contribution >= 0.6 is 0 Å². The second kappa shape index (κ2) is 5.35. The number of benzene rings is 2. The summed E-state index contributed by atoms with van der Waals surface area (Å²) in [6, 6.07) is 12.6. The quantitative estimate of drug-likeness (QED) is 0.790. The molecule has 1 aliphatic heterocycles. The number of aromatic nitrogens is 1. The molecule has 1 aromatic heterocycles. The molecular weight excluding hydrogens is 294 g/mol. The number of hydrogen-bond acceptors (Lipinski definition) is 4. The standard InChI is InChI=1S/C18H15NO4/c1-21-12-3-4-13-15(9-12)19-14(10-16(13)20)11-2-5-17-18(8-11)23-7-6-22-17/h2-5,8-10H,6-7H2,1H3,(H,19,20). The summed E-state index contributed by atoms with van der Waals surface area (Å²) in [5.74, 6) is 2.12. The Labute approximate surface area is 132 Å². The van der Waals surface area contributed by atoms with Crippen LogP contribution in [0.15, 0.2) is 47.3 Å². The van der Waals surface area contributed by atoms with Gasteiger partial charge in [-0.25, -0.2) is 0 Å². The van der Waals surface area contributed by atoms with Crippen molar-refractivity contribution in [1.29, 1.82) is 0 Å². The molecule has 116 valence electrons. The summed E-state index contributed by atoms with van der Waals surface area (Å²) in [5.41, 5.74) is 2.30. The van der Waals surface area contributed by atoms with E-state index in [1.165, 1.54) is 0 Å². The van der Waals surface area contributed by atoms with Crippen LogP contribution in [0.4, 0.5) is 0 Å². The van der Waals surface area contributed by atoms with Crippen molar-refractivity contribution in [1.82, 2.24) is 4.98 Å². The van der Waals surface area contributed by atoms with Gasteiger partial charge >= 0.3 is 0 Å². The number of aromatic amines is 1. The van der Waals surface area contributed by atoms with E-state index in [9.17, 15) is 4.79 Å². The fourth-order valence-electron chi connectivity index (χ4n) is 2.73. The molecule has 23 heavy (non-hydrogen) atoms. The molecule has 2 heterocycles. The minimum atomic E-state index is -0.0358. The number of pyridine rings is 1. The highest BCUT2D eigenvalue weighted by molar-refractivity contribution is 5.83. The molecule has 5 nitrogen and oxygen atoms in total. The van der Waals surface area contributed by atoms with Crippen molar-refractivity contribution in [3.63, 3.8) is 0 Å². The maximum atomic E-state index is 12.3. The fourth-order valence-corrected chi connectivity index (χ4v) is 2.73. The molecule has 1 N–H and O–H groups in total. The number of hydrogen-bond donors (Lipinski definition) is 1. The zero-order valence-corrected chi connectivity index (χ0v) is 12.6. The van der Waals surface area contributed by atoms with Crippen molar-refractivity contribution in [2.45, 2.75) is 0 Å². The van der Waals surface area contributed by atoms with Crippen LogP contribution < -0.4 is 19.6 Å². The lowest BCUT2D eigenvalue weighted by atomic mass is 10.1. The van der Waals surface area contributed by atoms with E-state index in [0.717, 1.165) is 22.5 Å². The lowest BCUT2D eigenvalue weighted by molar-refractivity contribution is 0.171. The molecule has 0 unspecified atom stereocenters. The molecule has 2 aromatic carbocycles. The largest absolute Gasteiger partial charge is 0.497 e. The monoisotopic (exact) mass is 309 g/mol. The predicted octanol–water partition coefficient (Wildman–Crippen LogP) is 2.97. The molecule has 5 heteroatoms. The van der Waals surface area contributed by atoms with E-state index in [1.54, 1.807) is 25.3 Å². The lowest BCUT2D eigenvalue weighted by Crippen LogP contribution is -2.15. The first-order chi connectivity index (χ1) is 11.2. The molecule has 0 radical (unpaired) electrons. The zero-order valence-electron chi connectivity index (χ0n) is 12.6. The van der Waals surface area contributed by atoms with Crippen LogP contribution in [0.25, 0.3) is 22.2 Å². The van der Waals surface area contributed by atoms with Crippen molar-refractivity contribution in [3.05, 3.63) is 52.7 Å². The molecule has 4 rings (SSSR count). The summed E-state index contributed by atoms with van der Waals surface area (Å²) >= 11 is 0. The number of methoxy groups -OCH3 is 1. The smallest absolute Gasteiger partial charge is 0.190 e. The van der Waals surface area contributed by atoms with Crippen molar-refractivity contribution < 1.29 is 14.2 Å². The van der Waals surface area contributed by atoms with Gasteiger partial charge in [-0.3, -0.25) is 4.79 Å². The van der Waals surface area contributed by atoms with E-state index in [-0.39, 0.29) is 5.43 Å². The van der Waals surface area contributed by atoms with Gasteiger partial charge in [0.05, 0.1) is 12.6 Å². The molecule has 0 spiro atoms. The van der Waals surface area contributed by atoms with Gasteiger partial charge in [0, 0.05) is 28.8 Å². The number of fused-ring (bicyclic) bond motifs is 2. The molecule has 0 fully saturated rings. The summed E-state index contributed by atoms with van der Waals surface area (Å²) in [6.07, 6.45) is 0. The molecule has 1 aliphatic rings. The molecule has 0 aliphatic carbocycles. The molecule has 0 saturated carbocycles. The normalized spacial score (nSPS) is 13.1. The van der Waals surface area contributed by atoms with Gasteiger partial charge in [0.15, 0.2) is 16.9 Å². The SMILES string of the molecule is COc1ccc2c(=O)cc(-c3ccc4c(c3)OCCO4)[nH]c2c1. The van der Waals surface area contributed by atoms with E-state index in [0.29, 0.717) is 30.1 Å². The van der Waals surface area contributed by atoms with Crippen LogP contribution in [0.5, 0.6) is 17.2 Å². The average Bonchev–Trinajstić information content (AvgIpc) is 2.60. The number of nitrogens with one attached hydrogen (secondary N) is 1.